The fourth-order valence-electron chi connectivity index (χ4n) is 1.82. The van der Waals surface area contributed by atoms with Crippen LogP contribution in [0.4, 0.5) is 0 Å². The highest BCUT2D eigenvalue weighted by molar-refractivity contribution is 9.10. The lowest BCUT2D eigenvalue weighted by atomic mass is 10.1. The van der Waals surface area contributed by atoms with E-state index in [1.54, 1.807) is 18.2 Å². The second kappa shape index (κ2) is 6.81. The summed E-state index contributed by atoms with van der Waals surface area (Å²) in [6.07, 6.45) is 0. The SMILES string of the molecule is CNC(C)c1cc(Br)ccc1Oc1cc(Cl)cc(Cl)c1. The van der Waals surface area contributed by atoms with E-state index in [0.29, 0.717) is 15.8 Å². The zero-order valence-electron chi connectivity index (χ0n) is 11.1. The molecule has 0 fully saturated rings. The van der Waals surface area contributed by atoms with Crippen molar-refractivity contribution in [2.75, 3.05) is 7.05 Å². The molecule has 5 heteroatoms. The first-order valence-corrected chi connectivity index (χ1v) is 7.65. The fourth-order valence-corrected chi connectivity index (χ4v) is 2.71. The van der Waals surface area contributed by atoms with Crippen LogP contribution in [0.1, 0.15) is 18.5 Å². The van der Waals surface area contributed by atoms with Crippen molar-refractivity contribution in [3.05, 3.63) is 56.5 Å². The standard InChI is InChI=1S/C15H14BrCl2NO/c1-9(19-2)14-5-10(16)3-4-15(14)20-13-7-11(17)6-12(18)8-13/h3-9,19H,1-2H3. The molecule has 2 aromatic rings. The Labute approximate surface area is 137 Å². The molecule has 0 bridgehead atoms. The first-order valence-electron chi connectivity index (χ1n) is 6.10. The van der Waals surface area contributed by atoms with Crippen molar-refractivity contribution in [1.82, 2.24) is 5.32 Å². The van der Waals surface area contributed by atoms with E-state index in [-0.39, 0.29) is 6.04 Å². The zero-order valence-corrected chi connectivity index (χ0v) is 14.2. The number of nitrogens with one attached hydrogen (secondary N) is 1. The van der Waals surface area contributed by atoms with E-state index in [9.17, 15) is 0 Å². The van der Waals surface area contributed by atoms with Crippen LogP contribution in [-0.2, 0) is 0 Å². The molecule has 0 aliphatic heterocycles. The maximum absolute atomic E-state index is 5.99. The number of hydrogen-bond acceptors (Lipinski definition) is 2. The minimum atomic E-state index is 0.164. The van der Waals surface area contributed by atoms with Gasteiger partial charge in [-0.1, -0.05) is 39.1 Å². The topological polar surface area (TPSA) is 21.3 Å². The highest BCUT2D eigenvalue weighted by atomic mass is 79.9. The molecule has 0 aliphatic rings. The van der Waals surface area contributed by atoms with E-state index in [2.05, 4.69) is 28.2 Å². The van der Waals surface area contributed by atoms with Gasteiger partial charge in [0.2, 0.25) is 0 Å². The van der Waals surface area contributed by atoms with Crippen LogP contribution in [0.5, 0.6) is 11.5 Å². The van der Waals surface area contributed by atoms with E-state index in [0.717, 1.165) is 15.8 Å². The number of halogens is 3. The first kappa shape index (κ1) is 15.6. The van der Waals surface area contributed by atoms with Crippen LogP contribution in [0.15, 0.2) is 40.9 Å². The van der Waals surface area contributed by atoms with E-state index in [1.165, 1.54) is 0 Å². The maximum Gasteiger partial charge on any atom is 0.132 e. The number of rotatable bonds is 4. The summed E-state index contributed by atoms with van der Waals surface area (Å²) in [5.41, 5.74) is 1.05. The smallest absolute Gasteiger partial charge is 0.132 e. The van der Waals surface area contributed by atoms with Gasteiger partial charge in [0, 0.05) is 26.1 Å². The lowest BCUT2D eigenvalue weighted by Gasteiger charge is -2.17. The lowest BCUT2D eigenvalue weighted by molar-refractivity contribution is 0.466. The Kier molecular flexibility index (Phi) is 5.33. The fraction of sp³-hybridized carbons (Fsp3) is 0.200. The summed E-state index contributed by atoms with van der Waals surface area (Å²) in [7, 11) is 1.91. The Bertz CT molecular complexity index is 599. The predicted molar refractivity (Wildman–Crippen MR) is 88.2 cm³/mol. The van der Waals surface area contributed by atoms with Crippen molar-refractivity contribution >= 4 is 39.1 Å². The number of hydrogen-bond donors (Lipinski definition) is 1. The normalized spacial score (nSPS) is 12.2. The van der Waals surface area contributed by atoms with Crippen LogP contribution < -0.4 is 10.1 Å². The summed E-state index contributed by atoms with van der Waals surface area (Å²) in [4.78, 5) is 0. The molecule has 0 radical (unpaired) electrons. The van der Waals surface area contributed by atoms with E-state index < -0.39 is 0 Å². The van der Waals surface area contributed by atoms with Crippen LogP contribution >= 0.6 is 39.1 Å². The van der Waals surface area contributed by atoms with Crippen molar-refractivity contribution in [3.63, 3.8) is 0 Å². The molecule has 1 unspecified atom stereocenters. The van der Waals surface area contributed by atoms with Gasteiger partial charge < -0.3 is 10.1 Å². The molecule has 0 aromatic heterocycles. The van der Waals surface area contributed by atoms with Gasteiger partial charge in [0.15, 0.2) is 0 Å². The van der Waals surface area contributed by atoms with Crippen LogP contribution in [0.25, 0.3) is 0 Å². The molecule has 2 rings (SSSR count). The van der Waals surface area contributed by atoms with Crippen molar-refractivity contribution in [2.45, 2.75) is 13.0 Å². The molecule has 1 N–H and O–H groups in total. The molecule has 20 heavy (non-hydrogen) atoms. The highest BCUT2D eigenvalue weighted by Gasteiger charge is 2.12. The van der Waals surface area contributed by atoms with Crippen molar-refractivity contribution in [2.24, 2.45) is 0 Å². The van der Waals surface area contributed by atoms with Gasteiger partial charge in [-0.25, -0.2) is 0 Å². The van der Waals surface area contributed by atoms with Gasteiger partial charge in [-0.05, 0) is 50.4 Å². The second-order valence-corrected chi connectivity index (χ2v) is 6.19. The third kappa shape index (κ3) is 3.89. The summed E-state index contributed by atoms with van der Waals surface area (Å²) in [5, 5.41) is 4.30. The van der Waals surface area contributed by atoms with Gasteiger partial charge in [0.05, 0.1) is 0 Å². The quantitative estimate of drug-likeness (QED) is 0.726. The molecule has 2 nitrogen and oxygen atoms in total. The third-order valence-electron chi connectivity index (χ3n) is 2.94. The summed E-state index contributed by atoms with van der Waals surface area (Å²) >= 11 is 15.5. The Balaban J connectivity index is 2.37. The average molecular weight is 375 g/mol. The highest BCUT2D eigenvalue weighted by Crippen LogP contribution is 2.34. The van der Waals surface area contributed by atoms with Crippen molar-refractivity contribution in [1.29, 1.82) is 0 Å². The van der Waals surface area contributed by atoms with E-state index in [4.69, 9.17) is 27.9 Å². The van der Waals surface area contributed by atoms with Gasteiger partial charge in [0.25, 0.3) is 0 Å². The molecule has 1 atom stereocenters. The molecule has 0 amide bonds. The Morgan fingerprint density at radius 3 is 2.35 bits per heavy atom. The molecule has 0 aliphatic carbocycles. The van der Waals surface area contributed by atoms with Crippen molar-refractivity contribution < 1.29 is 4.74 Å². The minimum Gasteiger partial charge on any atom is -0.457 e. The summed E-state index contributed by atoms with van der Waals surface area (Å²) in [5.74, 6) is 1.39. The molecule has 0 heterocycles. The molecule has 0 saturated carbocycles. The zero-order chi connectivity index (χ0) is 14.7. The monoisotopic (exact) mass is 373 g/mol. The molecule has 2 aromatic carbocycles. The van der Waals surface area contributed by atoms with Crippen LogP contribution in [0.2, 0.25) is 10.0 Å². The molecule has 106 valence electrons. The number of benzene rings is 2. The van der Waals surface area contributed by atoms with Gasteiger partial charge >= 0.3 is 0 Å². The minimum absolute atomic E-state index is 0.164. The maximum atomic E-state index is 5.99. The van der Waals surface area contributed by atoms with Gasteiger partial charge in [-0.15, -0.1) is 0 Å². The summed E-state index contributed by atoms with van der Waals surface area (Å²) < 4.78 is 6.93. The van der Waals surface area contributed by atoms with Crippen LogP contribution in [0, 0.1) is 0 Å². The Morgan fingerprint density at radius 1 is 1.10 bits per heavy atom. The molecule has 0 spiro atoms. The van der Waals surface area contributed by atoms with Crippen LogP contribution in [0.3, 0.4) is 0 Å². The van der Waals surface area contributed by atoms with E-state index >= 15 is 0 Å². The predicted octanol–water partition coefficient (Wildman–Crippen LogP) is 5.83. The number of ether oxygens (including phenoxy) is 1. The Morgan fingerprint density at radius 2 is 1.75 bits per heavy atom. The van der Waals surface area contributed by atoms with Gasteiger partial charge in [-0.2, -0.15) is 0 Å². The second-order valence-electron chi connectivity index (χ2n) is 4.40. The summed E-state index contributed by atoms with van der Waals surface area (Å²) in [6.45, 7) is 2.07. The summed E-state index contributed by atoms with van der Waals surface area (Å²) in [6, 6.07) is 11.2. The molecular formula is C15H14BrCl2NO. The third-order valence-corrected chi connectivity index (χ3v) is 3.86. The van der Waals surface area contributed by atoms with Gasteiger partial charge in [-0.3, -0.25) is 0 Å². The Hall–Kier alpha value is -0.740. The average Bonchev–Trinajstić information content (AvgIpc) is 2.38. The largest absolute Gasteiger partial charge is 0.457 e. The molecular weight excluding hydrogens is 361 g/mol. The van der Waals surface area contributed by atoms with Gasteiger partial charge in [0.1, 0.15) is 11.5 Å². The van der Waals surface area contributed by atoms with Crippen LogP contribution in [-0.4, -0.2) is 7.05 Å². The van der Waals surface area contributed by atoms with E-state index in [1.807, 2.05) is 25.2 Å². The van der Waals surface area contributed by atoms with Crippen molar-refractivity contribution in [3.8, 4) is 11.5 Å². The molecule has 0 saturated heterocycles. The lowest BCUT2D eigenvalue weighted by Crippen LogP contribution is -2.13. The first-order chi connectivity index (χ1) is 9.49.